The van der Waals surface area contributed by atoms with Crippen LogP contribution < -0.4 is 9.47 Å². The Morgan fingerprint density at radius 3 is 1.91 bits per heavy atom. The Balaban J connectivity index is 0.000000194. The molecule has 1 saturated heterocycles. The number of rotatable bonds is 11. The molecule has 0 saturated carbocycles. The van der Waals surface area contributed by atoms with Gasteiger partial charge in [-0.05, 0) is 137 Å². The summed E-state index contributed by atoms with van der Waals surface area (Å²) >= 11 is 0. The summed E-state index contributed by atoms with van der Waals surface area (Å²) in [6.07, 6.45) is -2.09. The van der Waals surface area contributed by atoms with Crippen molar-refractivity contribution in [3.05, 3.63) is 155 Å². The minimum atomic E-state index is -1.02. The van der Waals surface area contributed by atoms with Crippen LogP contribution in [-0.2, 0) is 9.47 Å². The molecule has 0 spiro atoms. The highest BCUT2D eigenvalue weighted by atomic mass is 19.1. The zero-order valence-electron chi connectivity index (χ0n) is 31.7. The number of halogens is 2. The lowest BCUT2D eigenvalue weighted by molar-refractivity contribution is -0.139. The van der Waals surface area contributed by atoms with Crippen molar-refractivity contribution in [2.45, 2.75) is 51.8 Å². The minimum absolute atomic E-state index is 0.203. The molecule has 0 amide bonds. The smallest absolute Gasteiger partial charge is 0.163 e. The van der Waals surface area contributed by atoms with Crippen LogP contribution >= 0.6 is 0 Å². The van der Waals surface area contributed by atoms with E-state index in [-0.39, 0.29) is 17.5 Å². The Kier molecular flexibility index (Phi) is 12.8. The lowest BCUT2D eigenvalue weighted by Crippen LogP contribution is -2.19. The van der Waals surface area contributed by atoms with Crippen molar-refractivity contribution in [1.29, 1.82) is 0 Å². The zero-order valence-corrected chi connectivity index (χ0v) is 31.7. The van der Waals surface area contributed by atoms with Crippen LogP contribution in [0.4, 0.5) is 8.78 Å². The van der Waals surface area contributed by atoms with Gasteiger partial charge in [0.1, 0.15) is 46.8 Å². The van der Waals surface area contributed by atoms with Gasteiger partial charge in [-0.15, -0.1) is 0 Å². The lowest BCUT2D eigenvalue weighted by Gasteiger charge is -2.17. The number of ketones is 1. The highest BCUT2D eigenvalue weighted by molar-refractivity contribution is 5.96. The molecule has 57 heavy (non-hydrogen) atoms. The van der Waals surface area contributed by atoms with E-state index in [0.29, 0.717) is 46.6 Å². The number of carbonyl (C=O) groups excluding carboxylic acids is 1. The molecule has 0 radical (unpaired) electrons. The topological polar surface area (TPSA) is 140 Å². The van der Waals surface area contributed by atoms with E-state index in [9.17, 15) is 23.8 Å². The second-order valence-electron chi connectivity index (χ2n) is 13.7. The Hall–Kier alpha value is -5.89. The molecule has 1 aliphatic heterocycles. The molecule has 1 aliphatic rings. The number of pyridine rings is 2. The SMILES string of the molecule is CC(=O)c1cc(F)ccc1Oc1ccc(-c2cccc(C3COC(C)(C)O3)n2)cc1.CC(O)c1cc(F)ccc1Oc1ccc(-c2cccc([C@H](O)CO)n2)cc1. The second-order valence-corrected chi connectivity index (χ2v) is 13.7. The Morgan fingerprint density at radius 1 is 0.789 bits per heavy atom. The van der Waals surface area contributed by atoms with E-state index in [4.69, 9.17) is 29.0 Å². The molecule has 0 bridgehead atoms. The minimum Gasteiger partial charge on any atom is -0.457 e. The Morgan fingerprint density at radius 2 is 1.35 bits per heavy atom. The van der Waals surface area contributed by atoms with Gasteiger partial charge in [0, 0.05) is 16.7 Å². The fourth-order valence-electron chi connectivity index (χ4n) is 5.96. The van der Waals surface area contributed by atoms with Crippen molar-refractivity contribution in [1.82, 2.24) is 9.97 Å². The highest BCUT2D eigenvalue weighted by Crippen LogP contribution is 2.34. The van der Waals surface area contributed by atoms with Gasteiger partial charge in [-0.2, -0.15) is 0 Å². The van der Waals surface area contributed by atoms with E-state index in [1.54, 1.807) is 61.5 Å². The van der Waals surface area contributed by atoms with E-state index < -0.39 is 36.2 Å². The number of ether oxygens (including phenoxy) is 4. The number of Topliss-reactive ketones (excluding diaryl/α,β-unsaturated/α-hetero) is 1. The molecular formula is C45H42F2N2O8. The monoisotopic (exact) mass is 776 g/mol. The van der Waals surface area contributed by atoms with Crippen molar-refractivity contribution in [3.63, 3.8) is 0 Å². The van der Waals surface area contributed by atoms with Gasteiger partial charge in [-0.25, -0.2) is 18.7 Å². The molecule has 2 unspecified atom stereocenters. The summed E-state index contributed by atoms with van der Waals surface area (Å²) in [4.78, 5) is 20.8. The molecule has 3 heterocycles. The molecular weight excluding hydrogens is 734 g/mol. The maximum atomic E-state index is 13.4. The Labute approximate surface area is 329 Å². The Bertz CT molecular complexity index is 2320. The number of aromatic nitrogens is 2. The van der Waals surface area contributed by atoms with Crippen LogP contribution in [-0.4, -0.2) is 50.1 Å². The normalized spacial score (nSPS) is 15.6. The van der Waals surface area contributed by atoms with Crippen LogP contribution in [0.25, 0.3) is 22.5 Å². The average Bonchev–Trinajstić information content (AvgIpc) is 3.59. The highest BCUT2D eigenvalue weighted by Gasteiger charge is 2.34. The first-order valence-electron chi connectivity index (χ1n) is 18.2. The molecule has 0 aliphatic carbocycles. The van der Waals surface area contributed by atoms with Crippen LogP contribution in [0, 0.1) is 11.6 Å². The van der Waals surface area contributed by atoms with E-state index >= 15 is 0 Å². The molecule has 3 atom stereocenters. The van der Waals surface area contributed by atoms with Crippen molar-refractivity contribution in [2.24, 2.45) is 0 Å². The summed E-state index contributed by atoms with van der Waals surface area (Å²) in [5, 5.41) is 28.6. The van der Waals surface area contributed by atoms with Crippen LogP contribution in [0.3, 0.4) is 0 Å². The summed E-state index contributed by atoms with van der Waals surface area (Å²) < 4.78 is 49.9. The predicted octanol–water partition coefficient (Wildman–Crippen LogP) is 9.47. The number of nitrogens with zero attached hydrogens (tertiary/aromatic N) is 2. The van der Waals surface area contributed by atoms with Gasteiger partial charge >= 0.3 is 0 Å². The molecule has 10 nitrogen and oxygen atoms in total. The summed E-state index contributed by atoms with van der Waals surface area (Å²) in [6.45, 7) is 6.76. The number of aliphatic hydroxyl groups excluding tert-OH is 3. The van der Waals surface area contributed by atoms with Gasteiger partial charge in [0.25, 0.3) is 0 Å². The van der Waals surface area contributed by atoms with Crippen LogP contribution in [0.1, 0.15) is 73.3 Å². The number of benzene rings is 4. The fraction of sp³-hybridized carbons (Fsp3) is 0.222. The third-order valence-corrected chi connectivity index (χ3v) is 8.89. The quantitative estimate of drug-likeness (QED) is 0.109. The van der Waals surface area contributed by atoms with Gasteiger partial charge in [-0.3, -0.25) is 4.79 Å². The van der Waals surface area contributed by atoms with E-state index in [0.717, 1.165) is 22.5 Å². The average molecular weight is 777 g/mol. The van der Waals surface area contributed by atoms with Gasteiger partial charge in [0.05, 0.1) is 47.7 Å². The van der Waals surface area contributed by atoms with Crippen molar-refractivity contribution >= 4 is 5.78 Å². The van der Waals surface area contributed by atoms with Crippen LogP contribution in [0.15, 0.2) is 121 Å². The number of carbonyl (C=O) groups is 1. The van der Waals surface area contributed by atoms with Crippen molar-refractivity contribution in [2.75, 3.05) is 13.2 Å². The third kappa shape index (κ3) is 10.5. The van der Waals surface area contributed by atoms with E-state index in [2.05, 4.69) is 4.98 Å². The maximum Gasteiger partial charge on any atom is 0.163 e. The molecule has 6 aromatic rings. The molecule has 3 N–H and O–H groups in total. The van der Waals surface area contributed by atoms with Crippen molar-refractivity contribution < 1.29 is 47.8 Å². The third-order valence-electron chi connectivity index (χ3n) is 8.89. The maximum absolute atomic E-state index is 13.4. The molecule has 1 fully saturated rings. The van der Waals surface area contributed by atoms with Gasteiger partial charge in [0.2, 0.25) is 0 Å². The number of hydrogen-bond acceptors (Lipinski definition) is 10. The predicted molar refractivity (Wildman–Crippen MR) is 209 cm³/mol. The van der Waals surface area contributed by atoms with E-state index in [1.807, 2.05) is 44.2 Å². The number of hydrogen-bond donors (Lipinski definition) is 3. The zero-order chi connectivity index (χ0) is 40.7. The summed E-state index contributed by atoms with van der Waals surface area (Å²) in [5.74, 6) is -0.0254. The first kappa shape index (κ1) is 40.8. The molecule has 7 rings (SSSR count). The summed E-state index contributed by atoms with van der Waals surface area (Å²) in [6, 6.07) is 33.3. The van der Waals surface area contributed by atoms with Crippen LogP contribution in [0.2, 0.25) is 0 Å². The van der Waals surface area contributed by atoms with Crippen LogP contribution in [0.5, 0.6) is 23.0 Å². The van der Waals surface area contributed by atoms with Gasteiger partial charge < -0.3 is 34.3 Å². The first-order chi connectivity index (χ1) is 27.3. The summed E-state index contributed by atoms with van der Waals surface area (Å²) in [7, 11) is 0. The van der Waals surface area contributed by atoms with Gasteiger partial charge in [-0.1, -0.05) is 12.1 Å². The lowest BCUT2D eigenvalue weighted by atomic mass is 10.1. The molecule has 4 aromatic carbocycles. The van der Waals surface area contributed by atoms with E-state index in [1.165, 1.54) is 43.3 Å². The van der Waals surface area contributed by atoms with Crippen molar-refractivity contribution in [3.8, 4) is 45.5 Å². The second kappa shape index (κ2) is 17.9. The molecule has 2 aromatic heterocycles. The number of aliphatic hydroxyl groups is 3. The summed E-state index contributed by atoms with van der Waals surface area (Å²) in [5.41, 5.74) is 4.95. The fourth-order valence-corrected chi connectivity index (χ4v) is 5.96. The molecule has 12 heteroatoms. The molecule has 294 valence electrons. The first-order valence-corrected chi connectivity index (χ1v) is 18.2. The standard InChI is InChI=1S/C24H22FNO4.C21H20FNO4/c1-15(27)19-13-17(25)9-12-22(19)29-18-10-7-16(8-11-18)20-5-4-6-21(26-20)23-14-28-24(2,3)30-23;1-13(25)17-11-15(22)7-10-21(17)27-16-8-5-14(6-9-16)18-3-2-4-19(23-18)20(26)12-24/h4-13,23H,14H2,1-3H3;2-11,13,20,24-26H,12H2,1H3/t;13?,20-/m.1/s1. The largest absolute Gasteiger partial charge is 0.457 e. The van der Waals surface area contributed by atoms with Gasteiger partial charge in [0.15, 0.2) is 11.6 Å².